The first-order valence-electron chi connectivity index (χ1n) is 10.5. The highest BCUT2D eigenvalue weighted by molar-refractivity contribution is 6.24. The molecule has 0 N–H and O–H groups in total. The van der Waals surface area contributed by atoms with Crippen LogP contribution in [0, 0.1) is 11.8 Å². The second-order valence-electron chi connectivity index (χ2n) is 7.88. The van der Waals surface area contributed by atoms with Crippen molar-refractivity contribution in [3.8, 4) is 0 Å². The molecule has 8 heteroatoms. The molecular formula is C22H26N2O6. The quantitative estimate of drug-likeness (QED) is 0.515. The molecule has 0 aromatic heterocycles. The highest BCUT2D eigenvalue weighted by Gasteiger charge is 2.73. The second-order valence-corrected chi connectivity index (χ2v) is 7.88. The Hall–Kier alpha value is -2.74. The lowest BCUT2D eigenvalue weighted by Gasteiger charge is -2.38. The number of imide groups is 1. The number of esters is 2. The molecule has 4 rings (SSSR count). The summed E-state index contributed by atoms with van der Waals surface area (Å²) >= 11 is 0. The number of rotatable bonds is 6. The molecule has 4 atom stereocenters. The monoisotopic (exact) mass is 414 g/mol. The van der Waals surface area contributed by atoms with Crippen LogP contribution in [-0.2, 0) is 28.7 Å². The smallest absolute Gasteiger partial charge is 0.328 e. The van der Waals surface area contributed by atoms with Crippen molar-refractivity contribution < 1.29 is 28.7 Å². The molecule has 0 unspecified atom stereocenters. The maximum Gasteiger partial charge on any atom is 0.328 e. The van der Waals surface area contributed by atoms with Gasteiger partial charge in [0.1, 0.15) is 5.54 Å². The van der Waals surface area contributed by atoms with E-state index in [1.165, 1.54) is 4.90 Å². The predicted molar refractivity (Wildman–Crippen MR) is 106 cm³/mol. The van der Waals surface area contributed by atoms with Gasteiger partial charge in [0, 0.05) is 6.04 Å². The zero-order chi connectivity index (χ0) is 21.5. The summed E-state index contributed by atoms with van der Waals surface area (Å²) in [6.45, 7) is 4.18. The zero-order valence-corrected chi connectivity index (χ0v) is 17.2. The van der Waals surface area contributed by atoms with Crippen LogP contribution in [0.4, 0.5) is 5.69 Å². The van der Waals surface area contributed by atoms with E-state index in [0.29, 0.717) is 18.7 Å². The first-order valence-corrected chi connectivity index (χ1v) is 10.5. The van der Waals surface area contributed by atoms with Crippen molar-refractivity contribution in [2.24, 2.45) is 11.8 Å². The van der Waals surface area contributed by atoms with Gasteiger partial charge in [-0.3, -0.25) is 19.3 Å². The van der Waals surface area contributed by atoms with Gasteiger partial charge in [-0.25, -0.2) is 9.69 Å². The number of hydrogen-bond acceptors (Lipinski definition) is 7. The molecule has 1 aromatic carbocycles. The molecule has 0 aliphatic carbocycles. The fourth-order valence-electron chi connectivity index (χ4n) is 5.47. The number of amides is 2. The Kier molecular flexibility index (Phi) is 5.36. The number of anilines is 1. The third-order valence-electron chi connectivity index (χ3n) is 6.45. The fourth-order valence-corrected chi connectivity index (χ4v) is 5.47. The maximum absolute atomic E-state index is 13.6. The summed E-state index contributed by atoms with van der Waals surface area (Å²) in [5.74, 6) is -3.63. The number of carbonyl (C=O) groups is 4. The summed E-state index contributed by atoms with van der Waals surface area (Å²) < 4.78 is 10.5. The lowest BCUT2D eigenvalue weighted by Crippen LogP contribution is -2.59. The van der Waals surface area contributed by atoms with Crippen LogP contribution in [0.25, 0.3) is 0 Å². The van der Waals surface area contributed by atoms with Crippen LogP contribution in [0.5, 0.6) is 0 Å². The third kappa shape index (κ3) is 2.85. The van der Waals surface area contributed by atoms with Crippen LogP contribution in [0.15, 0.2) is 30.3 Å². The van der Waals surface area contributed by atoms with Gasteiger partial charge in [-0.15, -0.1) is 0 Å². The van der Waals surface area contributed by atoms with Gasteiger partial charge in [-0.1, -0.05) is 18.2 Å². The standard InChI is InChI=1S/C22H26N2O6/c1-3-29-16(25)13-22(21(28)30-4-2)18-17(15-11-8-12-23(15)22)19(26)24(20(18)27)14-9-6-5-7-10-14/h5-7,9-10,15,17-18H,3-4,8,11-13H2,1-2H3/t15-,17+,18-,22+/m0/s1. The zero-order valence-electron chi connectivity index (χ0n) is 17.2. The van der Waals surface area contributed by atoms with E-state index in [1.807, 2.05) is 4.90 Å². The summed E-state index contributed by atoms with van der Waals surface area (Å²) in [7, 11) is 0. The molecule has 3 fully saturated rings. The van der Waals surface area contributed by atoms with Gasteiger partial charge in [0.15, 0.2) is 0 Å². The minimum absolute atomic E-state index is 0.115. The van der Waals surface area contributed by atoms with Gasteiger partial charge >= 0.3 is 11.9 Å². The molecule has 3 saturated heterocycles. The molecule has 0 spiro atoms. The van der Waals surface area contributed by atoms with Crippen molar-refractivity contribution in [3.63, 3.8) is 0 Å². The number of fused-ring (bicyclic) bond motifs is 3. The van der Waals surface area contributed by atoms with Crippen molar-refractivity contribution in [2.45, 2.75) is 44.7 Å². The van der Waals surface area contributed by atoms with Crippen LogP contribution < -0.4 is 4.90 Å². The molecule has 3 heterocycles. The summed E-state index contributed by atoms with van der Waals surface area (Å²) in [6.07, 6.45) is 1.16. The van der Waals surface area contributed by atoms with Crippen molar-refractivity contribution in [1.29, 1.82) is 0 Å². The van der Waals surface area contributed by atoms with E-state index in [2.05, 4.69) is 0 Å². The molecule has 0 radical (unpaired) electrons. The number of nitrogens with zero attached hydrogens (tertiary/aromatic N) is 2. The van der Waals surface area contributed by atoms with E-state index < -0.39 is 35.2 Å². The number of ether oxygens (including phenoxy) is 2. The van der Waals surface area contributed by atoms with Gasteiger partial charge < -0.3 is 9.47 Å². The van der Waals surface area contributed by atoms with Crippen LogP contribution >= 0.6 is 0 Å². The first-order chi connectivity index (χ1) is 14.5. The molecule has 160 valence electrons. The number of para-hydroxylation sites is 1. The fraction of sp³-hybridized carbons (Fsp3) is 0.545. The molecular weight excluding hydrogens is 388 g/mol. The molecule has 3 aliphatic heterocycles. The third-order valence-corrected chi connectivity index (χ3v) is 6.45. The van der Waals surface area contributed by atoms with E-state index in [0.717, 1.165) is 6.42 Å². The lowest BCUT2D eigenvalue weighted by atomic mass is 9.77. The van der Waals surface area contributed by atoms with Gasteiger partial charge in [-0.05, 0) is 45.4 Å². The minimum atomic E-state index is -1.52. The summed E-state index contributed by atoms with van der Waals surface area (Å²) in [5.41, 5.74) is -1.05. The molecule has 1 aromatic rings. The Morgan fingerprint density at radius 2 is 1.77 bits per heavy atom. The van der Waals surface area contributed by atoms with Gasteiger partial charge in [0.25, 0.3) is 0 Å². The number of benzene rings is 1. The lowest BCUT2D eigenvalue weighted by molar-refractivity contribution is -0.167. The van der Waals surface area contributed by atoms with Crippen molar-refractivity contribution in [2.75, 3.05) is 24.7 Å². The Labute approximate surface area is 175 Å². The average molecular weight is 414 g/mol. The number of carbonyl (C=O) groups excluding carboxylic acids is 4. The Morgan fingerprint density at radius 1 is 1.07 bits per heavy atom. The Bertz CT molecular complexity index is 872. The van der Waals surface area contributed by atoms with E-state index >= 15 is 0 Å². The molecule has 3 aliphatic rings. The largest absolute Gasteiger partial charge is 0.466 e. The van der Waals surface area contributed by atoms with E-state index in [9.17, 15) is 19.2 Å². The van der Waals surface area contributed by atoms with E-state index in [-0.39, 0.29) is 31.6 Å². The molecule has 8 nitrogen and oxygen atoms in total. The normalized spacial score (nSPS) is 30.3. The summed E-state index contributed by atoms with van der Waals surface area (Å²) in [6, 6.07) is 8.42. The van der Waals surface area contributed by atoms with Crippen LogP contribution in [0.3, 0.4) is 0 Å². The topological polar surface area (TPSA) is 93.2 Å². The van der Waals surface area contributed by atoms with Crippen LogP contribution in [0.2, 0.25) is 0 Å². The molecule has 0 bridgehead atoms. The highest BCUT2D eigenvalue weighted by Crippen LogP contribution is 2.54. The Morgan fingerprint density at radius 3 is 2.43 bits per heavy atom. The van der Waals surface area contributed by atoms with Crippen molar-refractivity contribution in [1.82, 2.24) is 4.90 Å². The average Bonchev–Trinajstić information content (AvgIpc) is 3.36. The van der Waals surface area contributed by atoms with Crippen LogP contribution in [0.1, 0.15) is 33.1 Å². The molecule has 0 saturated carbocycles. The number of hydrogen-bond donors (Lipinski definition) is 0. The van der Waals surface area contributed by atoms with Crippen molar-refractivity contribution in [3.05, 3.63) is 30.3 Å². The second kappa shape index (κ2) is 7.83. The van der Waals surface area contributed by atoms with Gasteiger partial charge in [0.2, 0.25) is 11.8 Å². The first kappa shape index (κ1) is 20.5. The molecule has 30 heavy (non-hydrogen) atoms. The van der Waals surface area contributed by atoms with Gasteiger partial charge in [-0.2, -0.15) is 0 Å². The molecule has 2 amide bonds. The van der Waals surface area contributed by atoms with Gasteiger partial charge in [0.05, 0.1) is 37.2 Å². The highest BCUT2D eigenvalue weighted by atomic mass is 16.5. The minimum Gasteiger partial charge on any atom is -0.466 e. The van der Waals surface area contributed by atoms with E-state index in [4.69, 9.17) is 9.47 Å². The van der Waals surface area contributed by atoms with E-state index in [1.54, 1.807) is 44.2 Å². The predicted octanol–water partition coefficient (Wildman–Crippen LogP) is 1.53. The van der Waals surface area contributed by atoms with Crippen LogP contribution in [-0.4, -0.2) is 60.0 Å². The van der Waals surface area contributed by atoms with Crippen molar-refractivity contribution >= 4 is 29.4 Å². The summed E-state index contributed by atoms with van der Waals surface area (Å²) in [5, 5.41) is 0. The maximum atomic E-state index is 13.6. The SMILES string of the molecule is CCOC(=O)C[C@]1(C(=O)OCC)[C@@H]2C(=O)N(c3ccccc3)C(=O)[C@@H]2[C@@H]2CCCN21. The summed E-state index contributed by atoms with van der Waals surface area (Å²) in [4.78, 5) is 56.0. The Balaban J connectivity index is 1.83.